The number of imidazole rings is 1. The lowest BCUT2D eigenvalue weighted by Gasteiger charge is -2.05. The Hall–Kier alpha value is -4.53. The first kappa shape index (κ1) is 25.7. The lowest BCUT2D eigenvalue weighted by molar-refractivity contribution is 0.103. The highest BCUT2D eigenvalue weighted by molar-refractivity contribution is 7.91. The number of para-hydroxylation sites is 1. The third kappa shape index (κ3) is 4.72. The second-order valence-corrected chi connectivity index (χ2v) is 11.8. The first-order chi connectivity index (χ1) is 19.3. The van der Waals surface area contributed by atoms with E-state index in [4.69, 9.17) is 11.6 Å². The summed E-state index contributed by atoms with van der Waals surface area (Å²) in [4.78, 5) is 25.7. The molecule has 6 rings (SSSR count). The minimum atomic E-state index is -4.04. The Morgan fingerprint density at radius 3 is 2.38 bits per heavy atom. The van der Waals surface area contributed by atoms with Crippen molar-refractivity contribution in [3.63, 3.8) is 0 Å². The molecule has 3 heterocycles. The third-order valence-corrected chi connectivity index (χ3v) is 8.67. The van der Waals surface area contributed by atoms with Crippen molar-refractivity contribution in [2.24, 2.45) is 0 Å². The third-order valence-electron chi connectivity index (χ3n) is 6.69. The van der Waals surface area contributed by atoms with Crippen LogP contribution < -0.4 is 0 Å². The molecule has 0 bridgehead atoms. The van der Waals surface area contributed by atoms with Gasteiger partial charge in [-0.3, -0.25) is 9.78 Å². The number of carbonyl (C=O) groups excluding carboxylic acids is 1. The van der Waals surface area contributed by atoms with E-state index >= 15 is 0 Å². The van der Waals surface area contributed by atoms with Crippen molar-refractivity contribution in [3.8, 4) is 11.4 Å². The number of nitrogens with zero attached hydrogens (tertiary/aromatic N) is 3. The van der Waals surface area contributed by atoms with Crippen molar-refractivity contribution in [2.45, 2.75) is 23.4 Å². The maximum absolute atomic E-state index is 13.9. The summed E-state index contributed by atoms with van der Waals surface area (Å²) in [5.41, 5.74) is 3.66. The quantitative estimate of drug-likeness (QED) is 0.222. The molecule has 0 aliphatic heterocycles. The normalized spacial score (nSPS) is 11.7. The number of aromatic nitrogens is 4. The van der Waals surface area contributed by atoms with E-state index < -0.39 is 15.6 Å². The van der Waals surface area contributed by atoms with Crippen LogP contribution in [-0.4, -0.2) is 33.7 Å². The van der Waals surface area contributed by atoms with Crippen molar-refractivity contribution in [3.05, 3.63) is 131 Å². The highest BCUT2D eigenvalue weighted by atomic mass is 35.5. The number of rotatable bonds is 7. The van der Waals surface area contributed by atoms with Crippen molar-refractivity contribution >= 4 is 38.1 Å². The van der Waals surface area contributed by atoms with E-state index in [0.29, 0.717) is 22.8 Å². The molecule has 6 aromatic rings. The van der Waals surface area contributed by atoms with E-state index in [-0.39, 0.29) is 21.4 Å². The van der Waals surface area contributed by atoms with Gasteiger partial charge in [0, 0.05) is 34.9 Å². The average molecular weight is 567 g/mol. The molecule has 0 radical (unpaired) electrons. The van der Waals surface area contributed by atoms with Crippen LogP contribution in [-0.2, 0) is 16.4 Å². The summed E-state index contributed by atoms with van der Waals surface area (Å²) in [7, 11) is -4.04. The number of aryl methyl sites for hydroxylation is 1. The Kier molecular flexibility index (Phi) is 6.57. The SMILES string of the molecule is Cc1ccc(S(=O)(=O)c2[nH]c(C(=O)c3cn(Cc4ccc(Cl)cc4)c4ccccc34)nc2-c2ccccn2)cc1. The summed E-state index contributed by atoms with van der Waals surface area (Å²) in [6.07, 6.45) is 3.33. The van der Waals surface area contributed by atoms with Crippen molar-refractivity contribution in [1.82, 2.24) is 19.5 Å². The predicted octanol–water partition coefficient (Wildman–Crippen LogP) is 6.50. The largest absolute Gasteiger partial charge is 0.342 e. The molecule has 0 unspecified atom stereocenters. The van der Waals surface area contributed by atoms with Crippen LogP contribution in [0, 0.1) is 6.92 Å². The van der Waals surface area contributed by atoms with Crippen molar-refractivity contribution in [1.29, 1.82) is 0 Å². The number of benzene rings is 3. The number of halogens is 1. The molecule has 40 heavy (non-hydrogen) atoms. The molecule has 9 heteroatoms. The molecule has 0 aliphatic rings. The van der Waals surface area contributed by atoms with E-state index in [1.165, 1.54) is 0 Å². The molecule has 0 amide bonds. The summed E-state index contributed by atoms with van der Waals surface area (Å²) in [5.74, 6) is -0.505. The predicted molar refractivity (Wildman–Crippen MR) is 154 cm³/mol. The van der Waals surface area contributed by atoms with Gasteiger partial charge in [0.1, 0.15) is 5.69 Å². The van der Waals surface area contributed by atoms with Gasteiger partial charge in [0.15, 0.2) is 10.9 Å². The first-order valence-corrected chi connectivity index (χ1v) is 14.4. The Bertz CT molecular complexity index is 1960. The lowest BCUT2D eigenvalue weighted by atomic mass is 10.1. The highest BCUT2D eigenvalue weighted by Gasteiger charge is 2.30. The zero-order chi connectivity index (χ0) is 27.9. The maximum atomic E-state index is 13.9. The smallest absolute Gasteiger partial charge is 0.230 e. The van der Waals surface area contributed by atoms with Gasteiger partial charge in [0.05, 0.1) is 16.2 Å². The molecule has 0 saturated heterocycles. The van der Waals surface area contributed by atoms with Gasteiger partial charge in [-0.25, -0.2) is 13.4 Å². The van der Waals surface area contributed by atoms with Gasteiger partial charge in [-0.2, -0.15) is 0 Å². The van der Waals surface area contributed by atoms with Crippen molar-refractivity contribution in [2.75, 3.05) is 0 Å². The van der Waals surface area contributed by atoms with Gasteiger partial charge < -0.3 is 9.55 Å². The topological polar surface area (TPSA) is 97.7 Å². The van der Waals surface area contributed by atoms with Gasteiger partial charge in [-0.15, -0.1) is 0 Å². The first-order valence-electron chi connectivity index (χ1n) is 12.5. The summed E-state index contributed by atoms with van der Waals surface area (Å²) >= 11 is 6.05. The number of hydrogen-bond acceptors (Lipinski definition) is 5. The Morgan fingerprint density at radius 1 is 0.925 bits per heavy atom. The number of pyridine rings is 1. The van der Waals surface area contributed by atoms with Gasteiger partial charge in [0.2, 0.25) is 15.6 Å². The van der Waals surface area contributed by atoms with Crippen LogP contribution in [0.4, 0.5) is 0 Å². The molecular formula is C31H23ClN4O3S. The number of ketones is 1. The van der Waals surface area contributed by atoms with Gasteiger partial charge in [0.25, 0.3) is 0 Å². The van der Waals surface area contributed by atoms with E-state index in [9.17, 15) is 13.2 Å². The summed E-state index contributed by atoms with van der Waals surface area (Å²) in [5, 5.41) is 1.21. The van der Waals surface area contributed by atoms with Crippen LogP contribution in [0.2, 0.25) is 5.02 Å². The number of aromatic amines is 1. The Morgan fingerprint density at radius 2 is 1.65 bits per heavy atom. The van der Waals surface area contributed by atoms with Crippen LogP contribution in [0.1, 0.15) is 27.3 Å². The molecule has 3 aromatic heterocycles. The number of sulfone groups is 1. The summed E-state index contributed by atoms with van der Waals surface area (Å²) < 4.78 is 29.4. The standard InChI is InChI=1S/C31H23ClN4O3S/c1-20-9-15-23(16-10-20)40(38,39)31-28(26-7-4-5-17-33-26)34-30(35-31)29(37)25-19-36(27-8-3-2-6-24(25)27)18-21-11-13-22(32)14-12-21/h2-17,19H,18H2,1H3,(H,34,35). The number of hydrogen-bond donors (Lipinski definition) is 1. The molecule has 0 fully saturated rings. The number of H-pyrrole nitrogens is 1. The fourth-order valence-corrected chi connectivity index (χ4v) is 6.14. The Labute approximate surface area is 236 Å². The Balaban J connectivity index is 1.47. The second kappa shape index (κ2) is 10.2. The minimum Gasteiger partial charge on any atom is -0.342 e. The zero-order valence-corrected chi connectivity index (χ0v) is 22.9. The van der Waals surface area contributed by atoms with Crippen LogP contribution >= 0.6 is 11.6 Å². The molecule has 0 saturated carbocycles. The molecule has 3 aromatic carbocycles. The summed E-state index contributed by atoms with van der Waals surface area (Å²) in [6, 6.07) is 26.8. The highest BCUT2D eigenvalue weighted by Crippen LogP contribution is 2.31. The van der Waals surface area contributed by atoms with E-state index in [2.05, 4.69) is 15.0 Å². The van der Waals surface area contributed by atoms with Gasteiger partial charge in [-0.05, 0) is 55.0 Å². The average Bonchev–Trinajstić information content (AvgIpc) is 3.58. The molecule has 0 atom stereocenters. The maximum Gasteiger partial charge on any atom is 0.230 e. The van der Waals surface area contributed by atoms with E-state index in [0.717, 1.165) is 22.0 Å². The molecule has 0 aliphatic carbocycles. The second-order valence-electron chi connectivity index (χ2n) is 9.44. The molecule has 1 N–H and O–H groups in total. The van der Waals surface area contributed by atoms with Crippen LogP contribution in [0.25, 0.3) is 22.3 Å². The number of fused-ring (bicyclic) bond motifs is 1. The fourth-order valence-electron chi connectivity index (χ4n) is 4.64. The van der Waals surface area contributed by atoms with Crippen LogP contribution in [0.5, 0.6) is 0 Å². The minimum absolute atomic E-state index is 0.0827. The molecule has 0 spiro atoms. The van der Waals surface area contributed by atoms with E-state index in [1.54, 1.807) is 54.9 Å². The monoisotopic (exact) mass is 566 g/mol. The van der Waals surface area contributed by atoms with E-state index in [1.807, 2.05) is 60.0 Å². The molecule has 7 nitrogen and oxygen atoms in total. The molecule has 198 valence electrons. The van der Waals surface area contributed by atoms with Crippen molar-refractivity contribution < 1.29 is 13.2 Å². The molecular weight excluding hydrogens is 544 g/mol. The zero-order valence-electron chi connectivity index (χ0n) is 21.4. The fraction of sp³-hybridized carbons (Fsp3) is 0.0645. The summed E-state index contributed by atoms with van der Waals surface area (Å²) in [6.45, 7) is 2.40. The lowest BCUT2D eigenvalue weighted by Crippen LogP contribution is -2.06. The van der Waals surface area contributed by atoms with Crippen LogP contribution in [0.15, 0.2) is 113 Å². The van der Waals surface area contributed by atoms with Gasteiger partial charge in [-0.1, -0.05) is 65.7 Å². The number of nitrogens with one attached hydrogen (secondary N) is 1. The number of carbonyl (C=O) groups is 1. The van der Waals surface area contributed by atoms with Crippen LogP contribution in [0.3, 0.4) is 0 Å². The van der Waals surface area contributed by atoms with Gasteiger partial charge >= 0.3 is 0 Å².